The Kier molecular flexibility index (Phi) is 5.39. The Morgan fingerprint density at radius 1 is 1.00 bits per heavy atom. The van der Waals surface area contributed by atoms with Crippen molar-refractivity contribution in [1.82, 2.24) is 14.5 Å². The first-order chi connectivity index (χ1) is 16.0. The van der Waals surface area contributed by atoms with Crippen molar-refractivity contribution in [1.29, 1.82) is 0 Å². The third kappa shape index (κ3) is 3.98. The highest BCUT2D eigenvalue weighted by molar-refractivity contribution is 7.99. The molecule has 33 heavy (non-hydrogen) atoms. The first-order valence-corrected chi connectivity index (χ1v) is 11.0. The minimum absolute atomic E-state index is 0.0686. The summed E-state index contributed by atoms with van der Waals surface area (Å²) in [6.07, 6.45) is 0. The second-order valence-corrected chi connectivity index (χ2v) is 8.16. The maximum absolute atomic E-state index is 13.9. The van der Waals surface area contributed by atoms with Gasteiger partial charge in [-0.2, -0.15) is 0 Å². The average Bonchev–Trinajstić information content (AvgIpc) is 3.19. The van der Waals surface area contributed by atoms with Crippen LogP contribution in [-0.4, -0.2) is 26.2 Å². The number of H-pyrrole nitrogens is 1. The quantitative estimate of drug-likeness (QED) is 0.288. The van der Waals surface area contributed by atoms with Crippen LogP contribution in [0.15, 0.2) is 82.7 Å². The number of hydrogen-bond acceptors (Lipinski definition) is 4. The lowest BCUT2D eigenvalue weighted by molar-refractivity contribution is -0.113. The molecule has 1 amide bonds. The summed E-state index contributed by atoms with van der Waals surface area (Å²) in [7, 11) is 0. The molecule has 0 saturated carbocycles. The molecule has 5 aromatic rings. The second kappa shape index (κ2) is 8.51. The monoisotopic (exact) mass is 462 g/mol. The van der Waals surface area contributed by atoms with E-state index in [9.17, 15) is 18.4 Å². The number of aromatic nitrogens is 3. The number of nitrogens with one attached hydrogen (secondary N) is 2. The Morgan fingerprint density at radius 2 is 1.73 bits per heavy atom. The van der Waals surface area contributed by atoms with Crippen LogP contribution in [0.5, 0.6) is 0 Å². The van der Waals surface area contributed by atoms with Gasteiger partial charge in [0.2, 0.25) is 5.91 Å². The number of nitrogens with zero attached hydrogens (tertiary/aromatic N) is 2. The molecule has 0 saturated heterocycles. The molecular weight excluding hydrogens is 446 g/mol. The van der Waals surface area contributed by atoms with E-state index < -0.39 is 17.5 Å². The van der Waals surface area contributed by atoms with Gasteiger partial charge in [0.05, 0.1) is 17.1 Å². The van der Waals surface area contributed by atoms with Crippen LogP contribution >= 0.6 is 11.8 Å². The van der Waals surface area contributed by atoms with Crippen molar-refractivity contribution in [3.05, 3.63) is 94.8 Å². The van der Waals surface area contributed by atoms with Gasteiger partial charge in [0.1, 0.15) is 22.7 Å². The molecule has 0 aliphatic heterocycles. The second-order valence-electron chi connectivity index (χ2n) is 7.22. The summed E-state index contributed by atoms with van der Waals surface area (Å²) >= 11 is 1.03. The lowest BCUT2D eigenvalue weighted by Gasteiger charge is -2.12. The number of carbonyl (C=O) groups is 1. The Bertz CT molecular complexity index is 1560. The summed E-state index contributed by atoms with van der Waals surface area (Å²) < 4.78 is 28.7. The zero-order valence-corrected chi connectivity index (χ0v) is 17.8. The first-order valence-electron chi connectivity index (χ1n) is 9.98. The molecule has 2 aromatic heterocycles. The molecule has 2 N–H and O–H groups in total. The zero-order chi connectivity index (χ0) is 22.9. The fourth-order valence-corrected chi connectivity index (χ4v) is 4.34. The van der Waals surface area contributed by atoms with Gasteiger partial charge < -0.3 is 10.3 Å². The smallest absolute Gasteiger partial charge is 0.283 e. The van der Waals surface area contributed by atoms with Crippen LogP contribution in [0.3, 0.4) is 0 Å². The number of halogens is 2. The van der Waals surface area contributed by atoms with E-state index in [1.807, 2.05) is 24.3 Å². The highest BCUT2D eigenvalue weighted by Gasteiger charge is 2.18. The van der Waals surface area contributed by atoms with Gasteiger partial charge in [0, 0.05) is 10.9 Å². The van der Waals surface area contributed by atoms with E-state index in [0.29, 0.717) is 16.7 Å². The zero-order valence-electron chi connectivity index (χ0n) is 17.0. The number of fused-ring (bicyclic) bond motifs is 3. The minimum atomic E-state index is -0.544. The molecule has 5 rings (SSSR count). The van der Waals surface area contributed by atoms with Crippen molar-refractivity contribution >= 4 is 45.3 Å². The summed E-state index contributed by atoms with van der Waals surface area (Å²) in [6, 6.07) is 18.7. The molecule has 0 spiro atoms. The van der Waals surface area contributed by atoms with E-state index in [0.717, 1.165) is 22.7 Å². The van der Waals surface area contributed by atoms with Crippen molar-refractivity contribution in [3.8, 4) is 5.69 Å². The number of para-hydroxylation sites is 2. The number of benzene rings is 3. The van der Waals surface area contributed by atoms with Gasteiger partial charge in [-0.1, -0.05) is 42.1 Å². The van der Waals surface area contributed by atoms with E-state index in [2.05, 4.69) is 15.3 Å². The molecule has 3 aromatic carbocycles. The topological polar surface area (TPSA) is 79.8 Å². The SMILES string of the molecule is O=C(CSc1nc2c([nH]c3ccccc32)c(=O)n1-c1ccc(F)cc1)Nc1ccccc1F. The van der Waals surface area contributed by atoms with Gasteiger partial charge in [-0.05, 0) is 42.5 Å². The molecule has 0 aliphatic rings. The lowest BCUT2D eigenvalue weighted by atomic mass is 10.2. The highest BCUT2D eigenvalue weighted by atomic mass is 32.2. The fraction of sp³-hybridized carbons (Fsp3) is 0.0417. The number of hydrogen-bond donors (Lipinski definition) is 2. The maximum atomic E-state index is 13.9. The van der Waals surface area contributed by atoms with Gasteiger partial charge in [-0.15, -0.1) is 0 Å². The van der Waals surface area contributed by atoms with Crippen molar-refractivity contribution in [2.75, 3.05) is 11.1 Å². The molecule has 6 nitrogen and oxygen atoms in total. The van der Waals surface area contributed by atoms with Crippen LogP contribution in [0, 0.1) is 11.6 Å². The molecule has 0 fully saturated rings. The third-order valence-corrected chi connectivity index (χ3v) is 6.00. The van der Waals surface area contributed by atoms with E-state index in [4.69, 9.17) is 0 Å². The van der Waals surface area contributed by atoms with Gasteiger partial charge in [-0.25, -0.2) is 13.8 Å². The normalized spacial score (nSPS) is 11.2. The van der Waals surface area contributed by atoms with Gasteiger partial charge in [0.25, 0.3) is 5.56 Å². The standard InChI is InChI=1S/C24H16F2N4O2S/c25-14-9-11-15(12-10-14)30-23(32)22-21(16-5-1-3-7-18(16)28-22)29-24(30)33-13-20(31)27-19-8-4-2-6-17(19)26/h1-12,28H,13H2,(H,27,31). The molecule has 0 unspecified atom stereocenters. The maximum Gasteiger partial charge on any atom is 0.283 e. The molecule has 0 aliphatic carbocycles. The number of rotatable bonds is 5. The van der Waals surface area contributed by atoms with Crippen LogP contribution in [0.25, 0.3) is 27.6 Å². The van der Waals surface area contributed by atoms with Gasteiger partial charge in [0.15, 0.2) is 5.16 Å². The summed E-state index contributed by atoms with van der Waals surface area (Å²) in [5.74, 6) is -1.55. The van der Waals surface area contributed by atoms with Crippen molar-refractivity contribution < 1.29 is 13.6 Å². The lowest BCUT2D eigenvalue weighted by Crippen LogP contribution is -2.23. The van der Waals surface area contributed by atoms with Crippen molar-refractivity contribution in [2.24, 2.45) is 0 Å². The predicted octanol–water partition coefficient (Wildman–Crippen LogP) is 4.88. The van der Waals surface area contributed by atoms with E-state index in [1.165, 1.54) is 47.0 Å². The molecule has 9 heteroatoms. The number of aromatic amines is 1. The summed E-state index contributed by atoms with van der Waals surface area (Å²) in [5.41, 5.74) is 1.64. The highest BCUT2D eigenvalue weighted by Crippen LogP contribution is 2.26. The molecule has 2 heterocycles. The Hall–Kier alpha value is -3.98. The number of carbonyl (C=O) groups excluding carboxylic acids is 1. The largest absolute Gasteiger partial charge is 0.349 e. The third-order valence-electron chi connectivity index (χ3n) is 5.06. The van der Waals surface area contributed by atoms with E-state index >= 15 is 0 Å². The Morgan fingerprint density at radius 3 is 2.52 bits per heavy atom. The van der Waals surface area contributed by atoms with E-state index in [-0.39, 0.29) is 22.2 Å². The molecule has 0 bridgehead atoms. The number of thioether (sulfide) groups is 1. The van der Waals surface area contributed by atoms with Crippen molar-refractivity contribution in [2.45, 2.75) is 5.16 Å². The predicted molar refractivity (Wildman–Crippen MR) is 125 cm³/mol. The Balaban J connectivity index is 1.57. The van der Waals surface area contributed by atoms with Crippen LogP contribution < -0.4 is 10.9 Å². The van der Waals surface area contributed by atoms with Gasteiger partial charge >= 0.3 is 0 Å². The van der Waals surface area contributed by atoms with Crippen LogP contribution in [0.1, 0.15) is 0 Å². The fourth-order valence-electron chi connectivity index (χ4n) is 3.54. The number of anilines is 1. The first kappa shape index (κ1) is 20.9. The van der Waals surface area contributed by atoms with Crippen LogP contribution in [0.2, 0.25) is 0 Å². The Labute approximate surface area is 190 Å². The van der Waals surface area contributed by atoms with Crippen LogP contribution in [-0.2, 0) is 4.79 Å². The average molecular weight is 462 g/mol. The summed E-state index contributed by atoms with van der Waals surface area (Å²) in [4.78, 5) is 33.7. The number of amides is 1. The molecule has 164 valence electrons. The molecule has 0 atom stereocenters. The van der Waals surface area contributed by atoms with Gasteiger partial charge in [-0.3, -0.25) is 14.2 Å². The molecule has 0 radical (unpaired) electrons. The minimum Gasteiger partial charge on any atom is -0.349 e. The van der Waals surface area contributed by atoms with Crippen molar-refractivity contribution in [3.63, 3.8) is 0 Å². The molecular formula is C24H16F2N4O2S. The summed E-state index contributed by atoms with van der Waals surface area (Å²) in [5, 5.41) is 3.55. The van der Waals surface area contributed by atoms with E-state index in [1.54, 1.807) is 6.07 Å². The summed E-state index contributed by atoms with van der Waals surface area (Å²) in [6.45, 7) is 0. The van der Waals surface area contributed by atoms with Crippen LogP contribution in [0.4, 0.5) is 14.5 Å².